The summed E-state index contributed by atoms with van der Waals surface area (Å²) in [6.45, 7) is 6.07. The first kappa shape index (κ1) is 15.1. The topological polar surface area (TPSA) is 79.3 Å². The molecule has 0 saturated carbocycles. The molecule has 19 heavy (non-hydrogen) atoms. The van der Waals surface area contributed by atoms with Gasteiger partial charge in [-0.15, -0.1) is 0 Å². The summed E-state index contributed by atoms with van der Waals surface area (Å²) in [5, 5.41) is 11.9. The molecule has 0 bridgehead atoms. The van der Waals surface area contributed by atoms with E-state index in [1.807, 2.05) is 6.92 Å². The highest BCUT2D eigenvalue weighted by atomic mass is 16.4. The van der Waals surface area contributed by atoms with Crippen molar-refractivity contribution in [3.63, 3.8) is 0 Å². The summed E-state index contributed by atoms with van der Waals surface area (Å²) in [5.74, 6) is -1.20. The van der Waals surface area contributed by atoms with E-state index in [4.69, 9.17) is 5.11 Å². The van der Waals surface area contributed by atoms with Crippen molar-refractivity contribution in [1.29, 1.82) is 0 Å². The average molecular weight is 264 g/mol. The highest BCUT2D eigenvalue weighted by Crippen LogP contribution is 2.14. The van der Waals surface area contributed by atoms with Crippen LogP contribution in [0.1, 0.15) is 54.5 Å². The Morgan fingerprint density at radius 2 is 2.00 bits per heavy atom. The van der Waals surface area contributed by atoms with E-state index in [1.54, 1.807) is 0 Å². The number of pyridine rings is 1. The number of carbonyl (C=O) groups excluding carboxylic acids is 1. The molecule has 1 atom stereocenters. The molecule has 0 aliphatic heterocycles. The fourth-order valence-electron chi connectivity index (χ4n) is 2.15. The summed E-state index contributed by atoms with van der Waals surface area (Å²) in [6, 6.07) is 2.88. The van der Waals surface area contributed by atoms with Crippen molar-refractivity contribution in [3.8, 4) is 0 Å². The van der Waals surface area contributed by atoms with Crippen molar-refractivity contribution in [1.82, 2.24) is 10.3 Å². The first-order valence-electron chi connectivity index (χ1n) is 6.50. The fraction of sp³-hybridized carbons (Fsp3) is 0.500. The van der Waals surface area contributed by atoms with Crippen molar-refractivity contribution >= 4 is 11.9 Å². The van der Waals surface area contributed by atoms with Gasteiger partial charge in [0.05, 0.1) is 5.56 Å². The molecular formula is C14H20N2O3. The molecule has 1 unspecified atom stereocenters. The second kappa shape index (κ2) is 6.87. The highest BCUT2D eigenvalue weighted by molar-refractivity contribution is 6.03. The van der Waals surface area contributed by atoms with E-state index in [0.29, 0.717) is 5.92 Å². The number of amides is 1. The van der Waals surface area contributed by atoms with Crippen molar-refractivity contribution in [2.24, 2.45) is 5.92 Å². The molecule has 5 nitrogen and oxygen atoms in total. The summed E-state index contributed by atoms with van der Waals surface area (Å²) in [4.78, 5) is 27.0. The Kier molecular flexibility index (Phi) is 5.48. The molecule has 104 valence electrons. The normalized spacial score (nSPS) is 12.2. The molecular weight excluding hydrogens is 244 g/mol. The molecule has 0 spiro atoms. The Bertz CT molecular complexity index is 456. The molecule has 0 aromatic carbocycles. The van der Waals surface area contributed by atoms with Crippen LogP contribution in [0.3, 0.4) is 0 Å². The lowest BCUT2D eigenvalue weighted by Crippen LogP contribution is -2.38. The van der Waals surface area contributed by atoms with Crippen LogP contribution < -0.4 is 5.32 Å². The number of aromatic carboxylic acids is 1. The molecule has 1 rings (SSSR count). The van der Waals surface area contributed by atoms with Gasteiger partial charge in [0.2, 0.25) is 0 Å². The summed E-state index contributed by atoms with van der Waals surface area (Å²) in [7, 11) is 0. The lowest BCUT2D eigenvalue weighted by molar-refractivity contribution is 0.0689. The molecule has 0 saturated heterocycles. The summed E-state index contributed by atoms with van der Waals surface area (Å²) in [6.07, 6.45) is 3.35. The number of nitrogens with zero attached hydrogens (tertiary/aromatic N) is 1. The minimum atomic E-state index is -1.14. The lowest BCUT2D eigenvalue weighted by Gasteiger charge is -2.22. The number of aromatic nitrogens is 1. The molecule has 0 aliphatic carbocycles. The van der Waals surface area contributed by atoms with Gasteiger partial charge in [-0.25, -0.2) is 4.79 Å². The third kappa shape index (κ3) is 3.77. The highest BCUT2D eigenvalue weighted by Gasteiger charge is 2.21. The van der Waals surface area contributed by atoms with Crippen LogP contribution in [0.25, 0.3) is 0 Å². The van der Waals surface area contributed by atoms with Crippen molar-refractivity contribution in [2.45, 2.75) is 39.7 Å². The van der Waals surface area contributed by atoms with Crippen LogP contribution in [0, 0.1) is 5.92 Å². The van der Waals surface area contributed by atoms with E-state index in [-0.39, 0.29) is 17.3 Å². The van der Waals surface area contributed by atoms with E-state index < -0.39 is 11.9 Å². The van der Waals surface area contributed by atoms with E-state index in [1.165, 1.54) is 18.3 Å². The van der Waals surface area contributed by atoms with Crippen molar-refractivity contribution in [3.05, 3.63) is 29.6 Å². The maximum Gasteiger partial charge on any atom is 0.338 e. The van der Waals surface area contributed by atoms with Gasteiger partial charge in [0.1, 0.15) is 5.69 Å². The van der Waals surface area contributed by atoms with Crippen LogP contribution in [-0.4, -0.2) is 28.0 Å². The molecule has 1 heterocycles. The lowest BCUT2D eigenvalue weighted by atomic mass is 9.95. The first-order chi connectivity index (χ1) is 9.01. The minimum absolute atomic E-state index is 0.00819. The van der Waals surface area contributed by atoms with E-state index >= 15 is 0 Å². The zero-order chi connectivity index (χ0) is 14.4. The largest absolute Gasteiger partial charge is 0.478 e. The van der Waals surface area contributed by atoms with Gasteiger partial charge in [0, 0.05) is 12.2 Å². The molecule has 1 aromatic heterocycles. The first-order valence-corrected chi connectivity index (χ1v) is 6.50. The van der Waals surface area contributed by atoms with Crippen LogP contribution in [0.4, 0.5) is 0 Å². The van der Waals surface area contributed by atoms with Gasteiger partial charge < -0.3 is 10.4 Å². The molecule has 1 amide bonds. The van der Waals surface area contributed by atoms with Gasteiger partial charge in [-0.05, 0) is 25.0 Å². The number of hydrogen-bond donors (Lipinski definition) is 2. The van der Waals surface area contributed by atoms with Crippen LogP contribution in [-0.2, 0) is 0 Å². The molecule has 5 heteroatoms. The van der Waals surface area contributed by atoms with Gasteiger partial charge in [0.25, 0.3) is 5.91 Å². The number of rotatable bonds is 6. The Labute approximate surface area is 113 Å². The summed E-state index contributed by atoms with van der Waals surface area (Å²) < 4.78 is 0. The number of carboxylic acid groups (broad SMARTS) is 1. The molecule has 0 radical (unpaired) electrons. The maximum absolute atomic E-state index is 12.1. The van der Waals surface area contributed by atoms with E-state index in [9.17, 15) is 9.59 Å². The van der Waals surface area contributed by atoms with Crippen LogP contribution in [0.2, 0.25) is 0 Å². The quantitative estimate of drug-likeness (QED) is 0.826. The average Bonchev–Trinajstić information content (AvgIpc) is 2.40. The van der Waals surface area contributed by atoms with Crippen LogP contribution in [0.15, 0.2) is 18.3 Å². The van der Waals surface area contributed by atoms with Crippen molar-refractivity contribution < 1.29 is 14.7 Å². The Morgan fingerprint density at radius 3 is 2.53 bits per heavy atom. The smallest absolute Gasteiger partial charge is 0.338 e. The number of nitrogens with one attached hydrogen (secondary N) is 1. The summed E-state index contributed by atoms with van der Waals surface area (Å²) in [5.41, 5.74) is -0.107. The second-order valence-corrected chi connectivity index (χ2v) is 4.54. The van der Waals surface area contributed by atoms with Gasteiger partial charge in [-0.2, -0.15) is 0 Å². The third-order valence-corrected chi connectivity index (χ3v) is 3.37. The zero-order valence-corrected chi connectivity index (χ0v) is 11.5. The van der Waals surface area contributed by atoms with E-state index in [0.717, 1.165) is 12.8 Å². The minimum Gasteiger partial charge on any atom is -0.478 e. The van der Waals surface area contributed by atoms with Gasteiger partial charge >= 0.3 is 5.97 Å². The predicted molar refractivity (Wildman–Crippen MR) is 72.2 cm³/mol. The van der Waals surface area contributed by atoms with Gasteiger partial charge in [-0.3, -0.25) is 9.78 Å². The Balaban J connectivity index is 2.87. The number of carboxylic acids is 1. The Morgan fingerprint density at radius 1 is 1.37 bits per heavy atom. The molecule has 0 fully saturated rings. The molecule has 0 aliphatic rings. The van der Waals surface area contributed by atoms with Crippen LogP contribution in [0.5, 0.6) is 0 Å². The van der Waals surface area contributed by atoms with Crippen LogP contribution >= 0.6 is 0 Å². The summed E-state index contributed by atoms with van der Waals surface area (Å²) >= 11 is 0. The standard InChI is InChI=1S/C14H20N2O3/c1-4-10(5-2)9(3)16-13(17)12-11(14(18)19)7-6-8-15-12/h6-10H,4-5H2,1-3H3,(H,16,17)(H,18,19). The Hall–Kier alpha value is -1.91. The second-order valence-electron chi connectivity index (χ2n) is 4.54. The zero-order valence-electron chi connectivity index (χ0n) is 11.5. The van der Waals surface area contributed by atoms with E-state index in [2.05, 4.69) is 24.1 Å². The SMILES string of the molecule is CCC(CC)C(C)NC(=O)c1ncccc1C(=O)O. The third-order valence-electron chi connectivity index (χ3n) is 3.37. The molecule has 2 N–H and O–H groups in total. The van der Waals surface area contributed by atoms with Gasteiger partial charge in [0.15, 0.2) is 0 Å². The molecule has 1 aromatic rings. The monoisotopic (exact) mass is 264 g/mol. The predicted octanol–water partition coefficient (Wildman–Crippen LogP) is 2.33. The van der Waals surface area contributed by atoms with Gasteiger partial charge in [-0.1, -0.05) is 26.7 Å². The fourth-order valence-corrected chi connectivity index (χ4v) is 2.15. The number of hydrogen-bond acceptors (Lipinski definition) is 3. The van der Waals surface area contributed by atoms with Crippen molar-refractivity contribution in [2.75, 3.05) is 0 Å². The maximum atomic E-state index is 12.1. The number of carbonyl (C=O) groups is 2.